The molecule has 8 nitrogen and oxygen atoms in total. The second-order valence-electron chi connectivity index (χ2n) is 3.70. The van der Waals surface area contributed by atoms with Gasteiger partial charge in [0.2, 0.25) is 0 Å². The van der Waals surface area contributed by atoms with Crippen molar-refractivity contribution in [3.63, 3.8) is 0 Å². The van der Waals surface area contributed by atoms with Crippen LogP contribution in [0.2, 0.25) is 0 Å². The monoisotopic (exact) mass is 327 g/mol. The van der Waals surface area contributed by atoms with Gasteiger partial charge in [-0.1, -0.05) is 5.16 Å². The Labute approximate surface area is 115 Å². The number of rotatable bonds is 3. The van der Waals surface area contributed by atoms with Crippen LogP contribution in [-0.2, 0) is 6.54 Å². The fraction of sp³-hybridized carbons (Fsp3) is 0.200. The highest BCUT2D eigenvalue weighted by molar-refractivity contribution is 9.10. The topological polar surface area (TPSA) is 116 Å². The summed E-state index contributed by atoms with van der Waals surface area (Å²) in [6.07, 6.45) is 1.43. The minimum Gasteiger partial charge on any atom is -0.359 e. The molecule has 0 aliphatic carbocycles. The SMILES string of the molecule is Cc1ncc(Br)c(=O)n1Cc1cc(C(=O)NN)no1. The number of aromatic nitrogens is 3. The van der Waals surface area contributed by atoms with Gasteiger partial charge in [-0.3, -0.25) is 19.6 Å². The molecule has 0 aliphatic heterocycles. The van der Waals surface area contributed by atoms with Gasteiger partial charge in [0.25, 0.3) is 11.5 Å². The summed E-state index contributed by atoms with van der Waals surface area (Å²) < 4.78 is 6.71. The maximum atomic E-state index is 11.9. The van der Waals surface area contributed by atoms with Crippen molar-refractivity contribution in [1.82, 2.24) is 20.1 Å². The van der Waals surface area contributed by atoms with E-state index in [0.717, 1.165) is 0 Å². The highest BCUT2D eigenvalue weighted by Crippen LogP contribution is 2.07. The van der Waals surface area contributed by atoms with Crippen molar-refractivity contribution in [1.29, 1.82) is 0 Å². The first-order valence-corrected chi connectivity index (χ1v) is 6.00. The van der Waals surface area contributed by atoms with Gasteiger partial charge in [-0.25, -0.2) is 10.8 Å². The zero-order valence-corrected chi connectivity index (χ0v) is 11.5. The Balaban J connectivity index is 2.32. The van der Waals surface area contributed by atoms with Crippen LogP contribution in [0, 0.1) is 6.92 Å². The number of aryl methyl sites for hydroxylation is 1. The van der Waals surface area contributed by atoms with E-state index in [0.29, 0.717) is 16.1 Å². The van der Waals surface area contributed by atoms with Crippen molar-refractivity contribution in [2.24, 2.45) is 5.84 Å². The average molecular weight is 328 g/mol. The molecule has 9 heteroatoms. The first-order chi connectivity index (χ1) is 9.02. The predicted molar refractivity (Wildman–Crippen MR) is 68.2 cm³/mol. The zero-order chi connectivity index (χ0) is 14.0. The van der Waals surface area contributed by atoms with Crippen molar-refractivity contribution in [2.75, 3.05) is 0 Å². The van der Waals surface area contributed by atoms with Crippen LogP contribution in [0.15, 0.2) is 26.1 Å². The lowest BCUT2D eigenvalue weighted by molar-refractivity contribution is 0.0944. The molecule has 0 aliphatic rings. The van der Waals surface area contributed by atoms with Gasteiger partial charge in [0.1, 0.15) is 10.3 Å². The van der Waals surface area contributed by atoms with E-state index in [-0.39, 0.29) is 17.8 Å². The number of amides is 1. The average Bonchev–Trinajstić information content (AvgIpc) is 2.87. The normalized spacial score (nSPS) is 10.5. The van der Waals surface area contributed by atoms with Crippen molar-refractivity contribution in [2.45, 2.75) is 13.5 Å². The maximum Gasteiger partial charge on any atom is 0.287 e. The van der Waals surface area contributed by atoms with Crippen molar-refractivity contribution >= 4 is 21.8 Å². The number of hydrogen-bond donors (Lipinski definition) is 2. The zero-order valence-electron chi connectivity index (χ0n) is 9.88. The number of nitrogens with two attached hydrogens (primary N) is 1. The summed E-state index contributed by atoms with van der Waals surface area (Å²) in [5.41, 5.74) is 1.75. The molecule has 0 unspecified atom stereocenters. The third-order valence-electron chi connectivity index (χ3n) is 2.44. The first kappa shape index (κ1) is 13.4. The van der Waals surface area contributed by atoms with Crippen LogP contribution >= 0.6 is 15.9 Å². The molecule has 0 fully saturated rings. The number of carbonyl (C=O) groups excluding carboxylic acids is 1. The van der Waals surface area contributed by atoms with Gasteiger partial charge in [0.05, 0.1) is 6.54 Å². The predicted octanol–water partition coefficient (Wildman–Crippen LogP) is -0.0460. The lowest BCUT2D eigenvalue weighted by Crippen LogP contribution is -2.30. The summed E-state index contributed by atoms with van der Waals surface area (Å²) in [6, 6.07) is 1.41. The minimum absolute atomic E-state index is 0.0474. The number of nitrogens with zero attached hydrogens (tertiary/aromatic N) is 3. The van der Waals surface area contributed by atoms with E-state index < -0.39 is 5.91 Å². The minimum atomic E-state index is -0.563. The number of hydrogen-bond acceptors (Lipinski definition) is 6. The number of nitrogens with one attached hydrogen (secondary N) is 1. The fourth-order valence-electron chi connectivity index (χ4n) is 1.46. The molecule has 0 bridgehead atoms. The molecule has 3 N–H and O–H groups in total. The smallest absolute Gasteiger partial charge is 0.287 e. The summed E-state index contributed by atoms with van der Waals surface area (Å²) >= 11 is 3.11. The number of halogens is 1. The molecule has 1 amide bonds. The van der Waals surface area contributed by atoms with Crippen LogP contribution in [0.25, 0.3) is 0 Å². The third-order valence-corrected chi connectivity index (χ3v) is 2.99. The highest BCUT2D eigenvalue weighted by atomic mass is 79.9. The van der Waals surface area contributed by atoms with Crippen molar-refractivity contribution < 1.29 is 9.32 Å². The number of nitrogen functional groups attached to an aromatic ring is 1. The van der Waals surface area contributed by atoms with E-state index in [4.69, 9.17) is 10.4 Å². The molecule has 0 atom stereocenters. The van der Waals surface area contributed by atoms with E-state index >= 15 is 0 Å². The summed E-state index contributed by atoms with van der Waals surface area (Å²) in [4.78, 5) is 27.2. The van der Waals surface area contributed by atoms with Gasteiger partial charge in [-0.05, 0) is 22.9 Å². The summed E-state index contributed by atoms with van der Waals surface area (Å²) in [5, 5.41) is 3.55. The summed E-state index contributed by atoms with van der Waals surface area (Å²) in [6.45, 7) is 1.82. The van der Waals surface area contributed by atoms with E-state index in [9.17, 15) is 9.59 Å². The second kappa shape index (κ2) is 5.33. The molecule has 2 heterocycles. The second-order valence-corrected chi connectivity index (χ2v) is 4.55. The van der Waals surface area contributed by atoms with Crippen LogP contribution in [0.3, 0.4) is 0 Å². The Hall–Kier alpha value is -2.00. The van der Waals surface area contributed by atoms with Gasteiger partial charge in [0, 0.05) is 12.3 Å². The van der Waals surface area contributed by atoms with Crippen LogP contribution in [0.1, 0.15) is 22.1 Å². The third kappa shape index (κ3) is 2.71. The van der Waals surface area contributed by atoms with Gasteiger partial charge in [-0.15, -0.1) is 0 Å². The maximum absolute atomic E-state index is 11.9. The van der Waals surface area contributed by atoms with E-state index in [1.54, 1.807) is 6.92 Å². The molecule has 0 aromatic carbocycles. The van der Waals surface area contributed by atoms with Gasteiger partial charge in [-0.2, -0.15) is 0 Å². The molecule has 100 valence electrons. The van der Waals surface area contributed by atoms with Crippen molar-refractivity contribution in [3.8, 4) is 0 Å². The largest absolute Gasteiger partial charge is 0.359 e. The molecule has 0 saturated carbocycles. The van der Waals surface area contributed by atoms with E-state index in [1.165, 1.54) is 16.8 Å². The summed E-state index contributed by atoms with van der Waals surface area (Å²) in [7, 11) is 0. The highest BCUT2D eigenvalue weighted by Gasteiger charge is 2.13. The van der Waals surface area contributed by atoms with Crippen LogP contribution in [0.5, 0.6) is 0 Å². The quantitative estimate of drug-likeness (QED) is 0.464. The fourth-order valence-corrected chi connectivity index (χ4v) is 1.78. The molecule has 2 rings (SSSR count). The lowest BCUT2D eigenvalue weighted by atomic mass is 10.3. The van der Waals surface area contributed by atoms with Gasteiger partial charge in [0.15, 0.2) is 11.5 Å². The first-order valence-electron chi connectivity index (χ1n) is 5.21. The molecule has 19 heavy (non-hydrogen) atoms. The van der Waals surface area contributed by atoms with Gasteiger partial charge < -0.3 is 4.52 Å². The Bertz CT molecular complexity index is 678. The van der Waals surface area contributed by atoms with Crippen LogP contribution in [0.4, 0.5) is 0 Å². The molecular formula is C10H10BrN5O3. The number of hydrazine groups is 1. The molecule has 2 aromatic rings. The van der Waals surface area contributed by atoms with Crippen LogP contribution in [-0.4, -0.2) is 20.6 Å². The molecule has 0 radical (unpaired) electrons. The Kier molecular flexibility index (Phi) is 3.76. The van der Waals surface area contributed by atoms with Gasteiger partial charge >= 0.3 is 0 Å². The molecule has 0 spiro atoms. The van der Waals surface area contributed by atoms with E-state index in [1.807, 2.05) is 5.43 Å². The molecular weight excluding hydrogens is 318 g/mol. The lowest BCUT2D eigenvalue weighted by Gasteiger charge is -2.06. The number of carbonyl (C=O) groups is 1. The summed E-state index contributed by atoms with van der Waals surface area (Å²) in [5.74, 6) is 5.29. The Morgan fingerprint density at radius 3 is 3.05 bits per heavy atom. The Morgan fingerprint density at radius 2 is 2.37 bits per heavy atom. The Morgan fingerprint density at radius 1 is 1.63 bits per heavy atom. The standard InChI is InChI=1S/C10H10BrN5O3/c1-5-13-3-7(11)10(18)16(5)4-6-2-8(15-19-6)9(17)14-12/h2-3H,4,12H2,1H3,(H,14,17). The van der Waals surface area contributed by atoms with E-state index in [2.05, 4.69) is 26.1 Å². The van der Waals surface area contributed by atoms with Crippen LogP contribution < -0.4 is 16.8 Å². The van der Waals surface area contributed by atoms with Crippen molar-refractivity contribution in [3.05, 3.63) is 44.4 Å². The molecule has 0 saturated heterocycles. The molecule has 2 aromatic heterocycles.